The number of para-hydroxylation sites is 1. The third kappa shape index (κ3) is 3.09. The van der Waals surface area contributed by atoms with Crippen LogP contribution >= 0.6 is 0 Å². The molecule has 0 radical (unpaired) electrons. The van der Waals surface area contributed by atoms with Gasteiger partial charge in [-0.1, -0.05) is 18.2 Å². The monoisotopic (exact) mass is 246 g/mol. The number of piperidine rings is 1. The SMILES string of the molecule is CC(=O)N1CCC(C(=O)Nc2ccccc2)CC1. The summed E-state index contributed by atoms with van der Waals surface area (Å²) < 4.78 is 0. The van der Waals surface area contributed by atoms with Crippen molar-refractivity contribution in [3.05, 3.63) is 30.3 Å². The molecule has 0 aromatic heterocycles. The van der Waals surface area contributed by atoms with Crippen LogP contribution in [0, 0.1) is 5.92 Å². The maximum Gasteiger partial charge on any atom is 0.227 e. The van der Waals surface area contributed by atoms with Gasteiger partial charge in [-0.05, 0) is 25.0 Å². The van der Waals surface area contributed by atoms with Crippen molar-refractivity contribution in [2.75, 3.05) is 18.4 Å². The molecule has 1 heterocycles. The number of carbonyl (C=O) groups is 2. The van der Waals surface area contributed by atoms with E-state index in [1.165, 1.54) is 0 Å². The van der Waals surface area contributed by atoms with Crippen molar-refractivity contribution in [3.63, 3.8) is 0 Å². The first-order chi connectivity index (χ1) is 8.66. The highest BCUT2D eigenvalue weighted by Crippen LogP contribution is 2.19. The maximum absolute atomic E-state index is 12.0. The Bertz CT molecular complexity index is 423. The molecule has 0 spiro atoms. The fourth-order valence-electron chi connectivity index (χ4n) is 2.22. The van der Waals surface area contributed by atoms with Gasteiger partial charge in [0, 0.05) is 31.6 Å². The van der Waals surface area contributed by atoms with Gasteiger partial charge in [0.1, 0.15) is 0 Å². The van der Waals surface area contributed by atoms with Gasteiger partial charge in [0.05, 0.1) is 0 Å². The van der Waals surface area contributed by atoms with E-state index in [0.717, 1.165) is 18.5 Å². The summed E-state index contributed by atoms with van der Waals surface area (Å²) in [6.45, 7) is 2.94. The van der Waals surface area contributed by atoms with Crippen LogP contribution in [0.5, 0.6) is 0 Å². The van der Waals surface area contributed by atoms with Gasteiger partial charge >= 0.3 is 0 Å². The number of anilines is 1. The molecule has 18 heavy (non-hydrogen) atoms. The fourth-order valence-corrected chi connectivity index (χ4v) is 2.22. The number of nitrogens with zero attached hydrogens (tertiary/aromatic N) is 1. The molecule has 1 fully saturated rings. The van der Waals surface area contributed by atoms with Gasteiger partial charge in [-0.15, -0.1) is 0 Å². The van der Waals surface area contributed by atoms with Crippen LogP contribution in [0.15, 0.2) is 30.3 Å². The van der Waals surface area contributed by atoms with Crippen molar-refractivity contribution in [2.24, 2.45) is 5.92 Å². The summed E-state index contributed by atoms with van der Waals surface area (Å²) in [5.74, 6) is 0.169. The minimum atomic E-state index is 0.0146. The largest absolute Gasteiger partial charge is 0.343 e. The molecule has 1 aliphatic heterocycles. The van der Waals surface area contributed by atoms with Gasteiger partial charge in [-0.25, -0.2) is 0 Å². The molecule has 0 aliphatic carbocycles. The average Bonchev–Trinajstić information content (AvgIpc) is 2.40. The Morgan fingerprint density at radius 3 is 2.33 bits per heavy atom. The van der Waals surface area contributed by atoms with Gasteiger partial charge in [0.25, 0.3) is 0 Å². The lowest BCUT2D eigenvalue weighted by molar-refractivity contribution is -0.132. The van der Waals surface area contributed by atoms with Crippen molar-refractivity contribution < 1.29 is 9.59 Å². The third-order valence-electron chi connectivity index (χ3n) is 3.35. The Kier molecular flexibility index (Phi) is 3.97. The van der Waals surface area contributed by atoms with Crippen LogP contribution in [-0.2, 0) is 9.59 Å². The van der Waals surface area contributed by atoms with Crippen molar-refractivity contribution in [1.82, 2.24) is 4.90 Å². The minimum absolute atomic E-state index is 0.0146. The zero-order valence-electron chi connectivity index (χ0n) is 10.6. The summed E-state index contributed by atoms with van der Waals surface area (Å²) in [6.07, 6.45) is 1.50. The van der Waals surface area contributed by atoms with E-state index in [0.29, 0.717) is 13.1 Å². The minimum Gasteiger partial charge on any atom is -0.343 e. The summed E-state index contributed by atoms with van der Waals surface area (Å²) in [5, 5.41) is 2.91. The lowest BCUT2D eigenvalue weighted by Crippen LogP contribution is -2.40. The first-order valence-corrected chi connectivity index (χ1v) is 6.28. The first-order valence-electron chi connectivity index (χ1n) is 6.28. The van der Waals surface area contributed by atoms with E-state index < -0.39 is 0 Å². The standard InChI is InChI=1S/C14H18N2O2/c1-11(17)16-9-7-12(8-10-16)14(18)15-13-5-3-2-4-6-13/h2-6,12H,7-10H2,1H3,(H,15,18). The lowest BCUT2D eigenvalue weighted by Gasteiger charge is -2.30. The molecular formula is C14H18N2O2. The van der Waals surface area contributed by atoms with Gasteiger partial charge in [-0.2, -0.15) is 0 Å². The zero-order valence-corrected chi connectivity index (χ0v) is 10.6. The number of rotatable bonds is 2. The number of hydrogen-bond donors (Lipinski definition) is 1. The summed E-state index contributed by atoms with van der Waals surface area (Å²) >= 11 is 0. The smallest absolute Gasteiger partial charge is 0.227 e. The molecule has 1 aliphatic rings. The quantitative estimate of drug-likeness (QED) is 0.866. The van der Waals surface area contributed by atoms with Crippen LogP contribution in [0.25, 0.3) is 0 Å². The Morgan fingerprint density at radius 2 is 1.78 bits per heavy atom. The Labute approximate surface area is 107 Å². The number of hydrogen-bond acceptors (Lipinski definition) is 2. The topological polar surface area (TPSA) is 49.4 Å². The second kappa shape index (κ2) is 5.67. The van der Waals surface area contributed by atoms with Crippen LogP contribution in [0.3, 0.4) is 0 Å². The second-order valence-electron chi connectivity index (χ2n) is 4.64. The molecule has 1 aromatic rings. The first kappa shape index (κ1) is 12.6. The van der Waals surface area contributed by atoms with Crippen LogP contribution in [-0.4, -0.2) is 29.8 Å². The van der Waals surface area contributed by atoms with E-state index in [2.05, 4.69) is 5.32 Å². The predicted octanol–water partition coefficient (Wildman–Crippen LogP) is 1.88. The number of likely N-dealkylation sites (tertiary alicyclic amines) is 1. The molecule has 1 aromatic carbocycles. The van der Waals surface area contributed by atoms with Gasteiger partial charge in [0.15, 0.2) is 0 Å². The number of nitrogens with one attached hydrogen (secondary N) is 1. The highest BCUT2D eigenvalue weighted by atomic mass is 16.2. The molecule has 4 heteroatoms. The molecule has 0 saturated carbocycles. The fraction of sp³-hybridized carbons (Fsp3) is 0.429. The molecule has 0 atom stereocenters. The van der Waals surface area contributed by atoms with E-state index in [-0.39, 0.29) is 17.7 Å². The average molecular weight is 246 g/mol. The van der Waals surface area contributed by atoms with Crippen LogP contribution in [0.4, 0.5) is 5.69 Å². The molecule has 1 saturated heterocycles. The van der Waals surface area contributed by atoms with Crippen molar-refractivity contribution in [1.29, 1.82) is 0 Å². The van der Waals surface area contributed by atoms with Crippen LogP contribution < -0.4 is 5.32 Å². The zero-order chi connectivity index (χ0) is 13.0. The van der Waals surface area contributed by atoms with Crippen molar-refractivity contribution >= 4 is 17.5 Å². The van der Waals surface area contributed by atoms with Crippen LogP contribution in [0.1, 0.15) is 19.8 Å². The number of carbonyl (C=O) groups excluding carboxylic acids is 2. The van der Waals surface area contributed by atoms with Crippen molar-refractivity contribution in [3.8, 4) is 0 Å². The third-order valence-corrected chi connectivity index (χ3v) is 3.35. The molecular weight excluding hydrogens is 228 g/mol. The Balaban J connectivity index is 1.86. The van der Waals surface area contributed by atoms with Crippen molar-refractivity contribution in [2.45, 2.75) is 19.8 Å². The highest BCUT2D eigenvalue weighted by molar-refractivity contribution is 5.92. The van der Waals surface area contributed by atoms with E-state index in [9.17, 15) is 9.59 Å². The summed E-state index contributed by atoms with van der Waals surface area (Å²) in [7, 11) is 0. The summed E-state index contributed by atoms with van der Waals surface area (Å²) in [4.78, 5) is 25.0. The van der Waals surface area contributed by atoms with Gasteiger partial charge in [0.2, 0.25) is 11.8 Å². The Hall–Kier alpha value is -1.84. The predicted molar refractivity (Wildman–Crippen MR) is 70.0 cm³/mol. The second-order valence-corrected chi connectivity index (χ2v) is 4.64. The van der Waals surface area contributed by atoms with E-state index in [1.807, 2.05) is 30.3 Å². The maximum atomic E-state index is 12.0. The Morgan fingerprint density at radius 1 is 1.17 bits per heavy atom. The molecule has 96 valence electrons. The molecule has 0 bridgehead atoms. The number of benzene rings is 1. The number of amides is 2. The van der Waals surface area contributed by atoms with Gasteiger partial charge in [-0.3, -0.25) is 9.59 Å². The van der Waals surface area contributed by atoms with E-state index in [1.54, 1.807) is 11.8 Å². The van der Waals surface area contributed by atoms with E-state index in [4.69, 9.17) is 0 Å². The lowest BCUT2D eigenvalue weighted by atomic mass is 9.96. The summed E-state index contributed by atoms with van der Waals surface area (Å²) in [6, 6.07) is 9.47. The summed E-state index contributed by atoms with van der Waals surface area (Å²) in [5.41, 5.74) is 0.830. The molecule has 2 amide bonds. The van der Waals surface area contributed by atoms with E-state index >= 15 is 0 Å². The van der Waals surface area contributed by atoms with Crippen LogP contribution in [0.2, 0.25) is 0 Å². The molecule has 1 N–H and O–H groups in total. The normalized spacial score (nSPS) is 16.4. The molecule has 0 unspecified atom stereocenters. The van der Waals surface area contributed by atoms with Gasteiger partial charge < -0.3 is 10.2 Å². The molecule has 2 rings (SSSR count). The molecule has 4 nitrogen and oxygen atoms in total. The highest BCUT2D eigenvalue weighted by Gasteiger charge is 2.25.